The normalized spacial score (nSPS) is 11.4. The Bertz CT molecular complexity index is 895. The molecule has 0 aliphatic carbocycles. The summed E-state index contributed by atoms with van der Waals surface area (Å²) in [7, 11) is 0. The molecule has 0 spiro atoms. The number of carbonyl (C=O) groups excluding carboxylic acids is 2. The summed E-state index contributed by atoms with van der Waals surface area (Å²) in [5.41, 5.74) is 2.97. The Morgan fingerprint density at radius 2 is 1.24 bits per heavy atom. The molecule has 3 aromatic rings. The molecular formula is C25H25NO3. The second-order valence-corrected chi connectivity index (χ2v) is 6.89. The van der Waals surface area contributed by atoms with Gasteiger partial charge in [0.15, 0.2) is 0 Å². The van der Waals surface area contributed by atoms with Gasteiger partial charge in [0.05, 0.1) is 0 Å². The first kappa shape index (κ1) is 20.3. The van der Waals surface area contributed by atoms with E-state index in [-0.39, 0.29) is 12.5 Å². The third-order valence-electron chi connectivity index (χ3n) is 4.61. The molecule has 29 heavy (non-hydrogen) atoms. The Labute approximate surface area is 171 Å². The highest BCUT2D eigenvalue weighted by Gasteiger charge is 2.22. The lowest BCUT2D eigenvalue weighted by molar-refractivity contribution is -0.149. The summed E-state index contributed by atoms with van der Waals surface area (Å²) < 4.78 is 5.47. The molecule has 0 bridgehead atoms. The van der Waals surface area contributed by atoms with E-state index in [2.05, 4.69) is 5.32 Å². The maximum atomic E-state index is 12.7. The molecule has 148 valence electrons. The van der Waals surface area contributed by atoms with Gasteiger partial charge < -0.3 is 10.1 Å². The first-order valence-electron chi connectivity index (χ1n) is 9.78. The zero-order valence-corrected chi connectivity index (χ0v) is 16.3. The van der Waals surface area contributed by atoms with E-state index in [1.165, 1.54) is 0 Å². The highest BCUT2D eigenvalue weighted by atomic mass is 16.5. The number of aryl methyl sites for hydroxylation is 1. The van der Waals surface area contributed by atoms with Crippen LogP contribution in [-0.2, 0) is 33.8 Å². The van der Waals surface area contributed by atoms with Crippen molar-refractivity contribution < 1.29 is 14.3 Å². The smallest absolute Gasteiger partial charge is 0.329 e. The molecule has 1 atom stereocenters. The minimum absolute atomic E-state index is 0.161. The van der Waals surface area contributed by atoms with Crippen LogP contribution < -0.4 is 5.32 Å². The van der Waals surface area contributed by atoms with E-state index in [0.717, 1.165) is 16.7 Å². The number of ether oxygens (including phenoxy) is 1. The van der Waals surface area contributed by atoms with Gasteiger partial charge in [0.1, 0.15) is 12.6 Å². The molecular weight excluding hydrogens is 362 g/mol. The monoisotopic (exact) mass is 387 g/mol. The fraction of sp³-hybridized carbons (Fsp3) is 0.200. The predicted molar refractivity (Wildman–Crippen MR) is 113 cm³/mol. The van der Waals surface area contributed by atoms with Gasteiger partial charge in [-0.1, -0.05) is 91.0 Å². The Morgan fingerprint density at radius 1 is 0.724 bits per heavy atom. The molecule has 1 amide bonds. The number of hydrogen-bond donors (Lipinski definition) is 1. The van der Waals surface area contributed by atoms with Gasteiger partial charge >= 0.3 is 5.97 Å². The summed E-state index contributed by atoms with van der Waals surface area (Å²) in [6, 6.07) is 28.2. The molecule has 4 nitrogen and oxygen atoms in total. The lowest BCUT2D eigenvalue weighted by atomic mass is 10.1. The summed E-state index contributed by atoms with van der Waals surface area (Å²) in [5.74, 6) is -0.586. The zero-order chi connectivity index (χ0) is 20.3. The maximum Gasteiger partial charge on any atom is 0.329 e. The highest BCUT2D eigenvalue weighted by Crippen LogP contribution is 2.08. The van der Waals surface area contributed by atoms with E-state index in [1.807, 2.05) is 91.0 Å². The number of amides is 1. The molecule has 0 unspecified atom stereocenters. The molecule has 4 heteroatoms. The molecule has 0 aromatic heterocycles. The fourth-order valence-electron chi connectivity index (χ4n) is 3.04. The number of nitrogens with one attached hydrogen (secondary N) is 1. The van der Waals surface area contributed by atoms with Crippen molar-refractivity contribution in [1.82, 2.24) is 5.32 Å². The van der Waals surface area contributed by atoms with E-state index < -0.39 is 12.0 Å². The molecule has 0 saturated carbocycles. The van der Waals surface area contributed by atoms with Crippen molar-refractivity contribution in [2.45, 2.75) is 31.9 Å². The Morgan fingerprint density at radius 3 is 1.83 bits per heavy atom. The van der Waals surface area contributed by atoms with Gasteiger partial charge in [0.25, 0.3) is 0 Å². The minimum atomic E-state index is -0.718. The van der Waals surface area contributed by atoms with Crippen LogP contribution in [0.4, 0.5) is 0 Å². The van der Waals surface area contributed by atoms with Crippen LogP contribution in [0.5, 0.6) is 0 Å². The first-order chi connectivity index (χ1) is 14.2. The molecule has 3 aromatic carbocycles. The summed E-state index contributed by atoms with van der Waals surface area (Å²) in [6.45, 7) is 0.185. The third-order valence-corrected chi connectivity index (χ3v) is 4.61. The van der Waals surface area contributed by atoms with Gasteiger partial charge in [-0.05, 0) is 23.1 Å². The highest BCUT2D eigenvalue weighted by molar-refractivity contribution is 5.84. The lowest BCUT2D eigenvalue weighted by Crippen LogP contribution is -2.43. The number of carbonyl (C=O) groups is 2. The Balaban J connectivity index is 1.60. The van der Waals surface area contributed by atoms with Gasteiger partial charge in [-0.15, -0.1) is 0 Å². The van der Waals surface area contributed by atoms with Crippen molar-refractivity contribution in [2.24, 2.45) is 0 Å². The summed E-state index contributed by atoms with van der Waals surface area (Å²) in [6.07, 6.45) is 1.34. The average Bonchev–Trinajstić information content (AvgIpc) is 2.78. The fourth-order valence-corrected chi connectivity index (χ4v) is 3.04. The molecule has 0 fully saturated rings. The van der Waals surface area contributed by atoms with Gasteiger partial charge in [0.2, 0.25) is 5.91 Å². The summed E-state index contributed by atoms with van der Waals surface area (Å²) >= 11 is 0. The van der Waals surface area contributed by atoms with Crippen molar-refractivity contribution in [2.75, 3.05) is 0 Å². The molecule has 1 N–H and O–H groups in total. The van der Waals surface area contributed by atoms with Crippen LogP contribution in [0.3, 0.4) is 0 Å². The predicted octanol–water partition coefficient (Wildman–Crippen LogP) is 4.09. The number of rotatable bonds is 9. The van der Waals surface area contributed by atoms with Gasteiger partial charge in [-0.25, -0.2) is 4.79 Å². The average molecular weight is 387 g/mol. The standard InChI is InChI=1S/C25H25NO3/c27-24(17-16-20-10-4-1-5-11-20)26-23(18-21-12-6-2-7-13-21)25(28)29-19-22-14-8-3-9-15-22/h1-15,23H,16-19H2,(H,26,27)/t23-/m0/s1. The van der Waals surface area contributed by atoms with Crippen LogP contribution in [-0.4, -0.2) is 17.9 Å². The number of benzene rings is 3. The van der Waals surface area contributed by atoms with Crippen LogP contribution in [0.1, 0.15) is 23.1 Å². The van der Waals surface area contributed by atoms with Crippen molar-refractivity contribution >= 4 is 11.9 Å². The van der Waals surface area contributed by atoms with Crippen molar-refractivity contribution in [3.05, 3.63) is 108 Å². The maximum absolute atomic E-state index is 12.7. The van der Waals surface area contributed by atoms with Gasteiger partial charge in [-0.2, -0.15) is 0 Å². The minimum Gasteiger partial charge on any atom is -0.459 e. The molecule has 0 heterocycles. The summed E-state index contributed by atoms with van der Waals surface area (Å²) in [4.78, 5) is 25.2. The van der Waals surface area contributed by atoms with Crippen molar-refractivity contribution in [3.8, 4) is 0 Å². The van der Waals surface area contributed by atoms with Crippen LogP contribution in [0.15, 0.2) is 91.0 Å². The van der Waals surface area contributed by atoms with E-state index in [0.29, 0.717) is 19.3 Å². The largest absolute Gasteiger partial charge is 0.459 e. The third kappa shape index (κ3) is 6.92. The summed E-state index contributed by atoms with van der Waals surface area (Å²) in [5, 5.41) is 2.86. The Kier molecular flexibility index (Phi) is 7.58. The lowest BCUT2D eigenvalue weighted by Gasteiger charge is -2.18. The van der Waals surface area contributed by atoms with E-state index in [4.69, 9.17) is 4.74 Å². The van der Waals surface area contributed by atoms with Gasteiger partial charge in [0, 0.05) is 12.8 Å². The molecule has 0 aliphatic heterocycles. The first-order valence-corrected chi connectivity index (χ1v) is 9.78. The van der Waals surface area contributed by atoms with Crippen molar-refractivity contribution in [3.63, 3.8) is 0 Å². The second kappa shape index (κ2) is 10.8. The zero-order valence-electron chi connectivity index (χ0n) is 16.3. The molecule has 0 saturated heterocycles. The SMILES string of the molecule is O=C(CCc1ccccc1)N[C@@H](Cc1ccccc1)C(=O)OCc1ccccc1. The van der Waals surface area contributed by atoms with E-state index in [9.17, 15) is 9.59 Å². The van der Waals surface area contributed by atoms with Crippen LogP contribution >= 0.6 is 0 Å². The number of esters is 1. The topological polar surface area (TPSA) is 55.4 Å². The van der Waals surface area contributed by atoms with E-state index in [1.54, 1.807) is 0 Å². The van der Waals surface area contributed by atoms with Gasteiger partial charge in [-0.3, -0.25) is 4.79 Å². The number of hydrogen-bond acceptors (Lipinski definition) is 3. The van der Waals surface area contributed by atoms with Crippen LogP contribution in [0, 0.1) is 0 Å². The van der Waals surface area contributed by atoms with Crippen LogP contribution in [0.25, 0.3) is 0 Å². The second-order valence-electron chi connectivity index (χ2n) is 6.89. The Hall–Kier alpha value is -3.40. The van der Waals surface area contributed by atoms with Crippen LogP contribution in [0.2, 0.25) is 0 Å². The van der Waals surface area contributed by atoms with Crippen molar-refractivity contribution in [1.29, 1.82) is 0 Å². The van der Waals surface area contributed by atoms with E-state index >= 15 is 0 Å². The molecule has 3 rings (SSSR count). The molecule has 0 radical (unpaired) electrons. The quantitative estimate of drug-likeness (QED) is 0.563. The molecule has 0 aliphatic rings.